The summed E-state index contributed by atoms with van der Waals surface area (Å²) in [6, 6.07) is 5.10. The van der Waals surface area contributed by atoms with Gasteiger partial charge in [-0.2, -0.15) is 0 Å². The highest BCUT2D eigenvalue weighted by Gasteiger charge is 2.19. The predicted octanol–water partition coefficient (Wildman–Crippen LogP) is 3.04. The van der Waals surface area contributed by atoms with Crippen LogP contribution in [0, 0.1) is 0 Å². The molecule has 1 aromatic rings. The fourth-order valence-corrected chi connectivity index (χ4v) is 2.19. The van der Waals surface area contributed by atoms with Gasteiger partial charge in [-0.3, -0.25) is 9.59 Å². The van der Waals surface area contributed by atoms with Gasteiger partial charge < -0.3 is 5.11 Å². The fourth-order valence-electron chi connectivity index (χ4n) is 1.35. The topological polar surface area (TPSA) is 54.4 Å². The molecule has 0 saturated carbocycles. The third-order valence-corrected chi connectivity index (χ3v) is 3.13. The molecule has 0 amide bonds. The summed E-state index contributed by atoms with van der Waals surface area (Å²) in [6.07, 6.45) is -0.153. The van der Waals surface area contributed by atoms with Gasteiger partial charge in [0.25, 0.3) is 0 Å². The van der Waals surface area contributed by atoms with E-state index >= 15 is 0 Å². The Kier molecular flexibility index (Phi) is 4.68. The van der Waals surface area contributed by atoms with Crippen molar-refractivity contribution >= 4 is 43.6 Å². The molecule has 0 aliphatic heterocycles. The molecule has 3 nitrogen and oxygen atoms in total. The van der Waals surface area contributed by atoms with E-state index in [1.165, 1.54) is 0 Å². The number of carboxylic acid groups (broad SMARTS) is 1. The number of benzene rings is 1. The number of rotatable bonds is 4. The Balaban J connectivity index is 3.23. The van der Waals surface area contributed by atoms with Gasteiger partial charge in [0, 0.05) is 10.0 Å². The Hall–Kier alpha value is -0.680. The maximum Gasteiger partial charge on any atom is 0.307 e. The maximum atomic E-state index is 11.9. The SMILES string of the molecule is CC(Br)C(=O)c1c(Br)cccc1CC(=O)O. The van der Waals surface area contributed by atoms with Crippen molar-refractivity contribution in [1.82, 2.24) is 0 Å². The van der Waals surface area contributed by atoms with Crippen LogP contribution < -0.4 is 0 Å². The normalized spacial score (nSPS) is 12.2. The molecule has 16 heavy (non-hydrogen) atoms. The van der Waals surface area contributed by atoms with Crippen molar-refractivity contribution in [2.75, 3.05) is 0 Å². The molecule has 86 valence electrons. The van der Waals surface area contributed by atoms with E-state index in [2.05, 4.69) is 31.9 Å². The van der Waals surface area contributed by atoms with Crippen molar-refractivity contribution in [2.24, 2.45) is 0 Å². The highest BCUT2D eigenvalue weighted by Crippen LogP contribution is 2.24. The number of Topliss-reactive ketones (excluding diaryl/α,β-unsaturated/α-hetero) is 1. The summed E-state index contributed by atoms with van der Waals surface area (Å²) in [6.45, 7) is 1.71. The quantitative estimate of drug-likeness (QED) is 0.671. The Morgan fingerprint density at radius 1 is 1.44 bits per heavy atom. The molecule has 0 aliphatic rings. The second kappa shape index (κ2) is 5.59. The molecular formula is C11H10Br2O3. The minimum absolute atomic E-state index is 0.122. The summed E-state index contributed by atoms with van der Waals surface area (Å²) in [5.74, 6) is -1.07. The molecule has 0 aromatic heterocycles. The van der Waals surface area contributed by atoms with Crippen molar-refractivity contribution in [3.8, 4) is 0 Å². The van der Waals surface area contributed by atoms with Gasteiger partial charge >= 0.3 is 5.97 Å². The van der Waals surface area contributed by atoms with Crippen LogP contribution in [0.1, 0.15) is 22.8 Å². The van der Waals surface area contributed by atoms with Crippen LogP contribution in [-0.4, -0.2) is 21.7 Å². The molecule has 0 aliphatic carbocycles. The van der Waals surface area contributed by atoms with Crippen LogP contribution >= 0.6 is 31.9 Å². The molecule has 0 bridgehead atoms. The molecule has 1 rings (SSSR count). The third kappa shape index (κ3) is 3.15. The number of carbonyl (C=O) groups is 2. The largest absolute Gasteiger partial charge is 0.481 e. The van der Waals surface area contributed by atoms with Crippen molar-refractivity contribution < 1.29 is 14.7 Å². The van der Waals surface area contributed by atoms with Gasteiger partial charge in [-0.1, -0.05) is 44.0 Å². The zero-order chi connectivity index (χ0) is 12.3. The van der Waals surface area contributed by atoms with Gasteiger partial charge in [0.05, 0.1) is 11.2 Å². The molecule has 1 unspecified atom stereocenters. The Morgan fingerprint density at radius 2 is 2.06 bits per heavy atom. The lowest BCUT2D eigenvalue weighted by molar-refractivity contribution is -0.136. The highest BCUT2D eigenvalue weighted by atomic mass is 79.9. The summed E-state index contributed by atoms with van der Waals surface area (Å²) in [7, 11) is 0. The van der Waals surface area contributed by atoms with Crippen LogP contribution in [-0.2, 0) is 11.2 Å². The lowest BCUT2D eigenvalue weighted by atomic mass is 10.00. The number of alkyl halides is 1. The molecule has 1 aromatic carbocycles. The zero-order valence-electron chi connectivity index (χ0n) is 8.54. The molecule has 5 heteroatoms. The van der Waals surface area contributed by atoms with Crippen molar-refractivity contribution in [2.45, 2.75) is 18.2 Å². The Bertz CT molecular complexity index is 427. The van der Waals surface area contributed by atoms with E-state index in [-0.39, 0.29) is 17.0 Å². The van der Waals surface area contributed by atoms with E-state index in [0.717, 1.165) is 0 Å². The van der Waals surface area contributed by atoms with Crippen LogP contribution in [0.2, 0.25) is 0 Å². The van der Waals surface area contributed by atoms with Gasteiger partial charge in [-0.05, 0) is 18.6 Å². The van der Waals surface area contributed by atoms with E-state index in [1.807, 2.05) is 0 Å². The summed E-state index contributed by atoms with van der Waals surface area (Å²) in [5.41, 5.74) is 0.965. The van der Waals surface area contributed by atoms with E-state index < -0.39 is 5.97 Å². The molecule has 0 radical (unpaired) electrons. The van der Waals surface area contributed by atoms with E-state index in [9.17, 15) is 9.59 Å². The molecule has 0 fully saturated rings. The van der Waals surface area contributed by atoms with E-state index in [4.69, 9.17) is 5.11 Å². The van der Waals surface area contributed by atoms with Gasteiger partial charge in [-0.15, -0.1) is 0 Å². The smallest absolute Gasteiger partial charge is 0.307 e. The van der Waals surface area contributed by atoms with Crippen LogP contribution in [0.4, 0.5) is 0 Å². The van der Waals surface area contributed by atoms with Crippen molar-refractivity contribution in [1.29, 1.82) is 0 Å². The van der Waals surface area contributed by atoms with Gasteiger partial charge in [0.15, 0.2) is 5.78 Å². The van der Waals surface area contributed by atoms with Crippen LogP contribution in [0.25, 0.3) is 0 Å². The van der Waals surface area contributed by atoms with Gasteiger partial charge in [-0.25, -0.2) is 0 Å². The van der Waals surface area contributed by atoms with Gasteiger partial charge in [0.2, 0.25) is 0 Å². The zero-order valence-corrected chi connectivity index (χ0v) is 11.7. The first kappa shape index (κ1) is 13.4. The van der Waals surface area contributed by atoms with Gasteiger partial charge in [0.1, 0.15) is 0 Å². The summed E-state index contributed by atoms with van der Waals surface area (Å²) in [5, 5.41) is 8.76. The number of ketones is 1. The van der Waals surface area contributed by atoms with Crippen LogP contribution in [0.3, 0.4) is 0 Å². The average Bonchev–Trinajstić information content (AvgIpc) is 2.16. The lowest BCUT2D eigenvalue weighted by Crippen LogP contribution is -2.15. The summed E-state index contributed by atoms with van der Waals surface area (Å²) < 4.78 is 0.627. The summed E-state index contributed by atoms with van der Waals surface area (Å²) in [4.78, 5) is 22.2. The highest BCUT2D eigenvalue weighted by molar-refractivity contribution is 9.10. The summed E-state index contributed by atoms with van der Waals surface area (Å²) >= 11 is 6.46. The number of hydrogen-bond donors (Lipinski definition) is 1. The predicted molar refractivity (Wildman–Crippen MR) is 68.2 cm³/mol. The molecule has 1 atom stereocenters. The first-order chi connectivity index (χ1) is 7.43. The van der Waals surface area contributed by atoms with Crippen molar-refractivity contribution in [3.63, 3.8) is 0 Å². The number of carbonyl (C=O) groups excluding carboxylic acids is 1. The number of carboxylic acids is 1. The second-order valence-corrected chi connectivity index (χ2v) is 5.55. The Morgan fingerprint density at radius 3 is 2.56 bits per heavy atom. The molecule has 0 heterocycles. The van der Waals surface area contributed by atoms with Crippen molar-refractivity contribution in [3.05, 3.63) is 33.8 Å². The maximum absolute atomic E-state index is 11.9. The number of aliphatic carboxylic acids is 1. The lowest BCUT2D eigenvalue weighted by Gasteiger charge is -2.10. The molecular weight excluding hydrogens is 340 g/mol. The Labute approximate surface area is 110 Å². The second-order valence-electron chi connectivity index (χ2n) is 3.32. The standard InChI is InChI=1S/C11H10Br2O3/c1-6(12)11(16)10-7(5-9(14)15)3-2-4-8(10)13/h2-4,6H,5H2,1H3,(H,14,15). The molecule has 0 saturated heterocycles. The number of hydrogen-bond acceptors (Lipinski definition) is 2. The fraction of sp³-hybridized carbons (Fsp3) is 0.273. The minimum atomic E-state index is -0.950. The third-order valence-electron chi connectivity index (χ3n) is 2.05. The molecule has 0 spiro atoms. The van der Waals surface area contributed by atoms with Crippen LogP contribution in [0.5, 0.6) is 0 Å². The first-order valence-corrected chi connectivity index (χ1v) is 6.31. The average molecular weight is 350 g/mol. The minimum Gasteiger partial charge on any atom is -0.481 e. The number of halogens is 2. The monoisotopic (exact) mass is 348 g/mol. The van der Waals surface area contributed by atoms with E-state index in [1.54, 1.807) is 25.1 Å². The molecule has 1 N–H and O–H groups in total. The first-order valence-electron chi connectivity index (χ1n) is 4.61. The van der Waals surface area contributed by atoms with Crippen LogP contribution in [0.15, 0.2) is 22.7 Å². The van der Waals surface area contributed by atoms with E-state index in [0.29, 0.717) is 15.6 Å².